The Morgan fingerprint density at radius 2 is 2.15 bits per heavy atom. The largest absolute Gasteiger partial charge is 0.477 e. The average Bonchev–Trinajstić information content (AvgIpc) is 3.22. The number of aryl methyl sites for hydroxylation is 1. The van der Waals surface area contributed by atoms with Gasteiger partial charge < -0.3 is 21.4 Å². The van der Waals surface area contributed by atoms with Gasteiger partial charge in [0.2, 0.25) is 0 Å². The van der Waals surface area contributed by atoms with Crippen LogP contribution in [0.5, 0.6) is 0 Å². The van der Waals surface area contributed by atoms with Gasteiger partial charge in [-0.1, -0.05) is 23.4 Å². The smallest absolute Gasteiger partial charge is 0.352 e. The Bertz CT molecular complexity index is 1220. The predicted molar refractivity (Wildman–Crippen MR) is 123 cm³/mol. The molecule has 13 heteroatoms. The maximum Gasteiger partial charge on any atom is 0.352 e. The van der Waals surface area contributed by atoms with Crippen LogP contribution in [0.1, 0.15) is 17.0 Å². The Hall–Kier alpha value is -3.71. The summed E-state index contributed by atoms with van der Waals surface area (Å²) in [6.07, 6.45) is 5.06. The van der Waals surface area contributed by atoms with Crippen LogP contribution in [0, 0.1) is 6.92 Å². The van der Waals surface area contributed by atoms with Crippen molar-refractivity contribution in [3.63, 3.8) is 0 Å². The molecule has 0 saturated carbocycles. The summed E-state index contributed by atoms with van der Waals surface area (Å²) in [6.45, 7) is 1.86. The van der Waals surface area contributed by atoms with E-state index in [2.05, 4.69) is 20.4 Å². The molecule has 0 spiro atoms. The first-order valence-electron chi connectivity index (χ1n) is 9.56. The fourth-order valence-corrected chi connectivity index (χ4v) is 5.23. The van der Waals surface area contributed by atoms with Crippen LogP contribution in [0.2, 0.25) is 0 Å². The number of rotatable bonds is 6. The molecule has 0 radical (unpaired) electrons. The highest BCUT2D eigenvalue weighted by Crippen LogP contribution is 2.40. The van der Waals surface area contributed by atoms with Crippen molar-refractivity contribution in [1.29, 1.82) is 0 Å². The Kier molecular flexibility index (Phi) is 6.16. The van der Waals surface area contributed by atoms with E-state index < -0.39 is 29.2 Å². The summed E-state index contributed by atoms with van der Waals surface area (Å²) in [6, 6.07) is 2.72. The quantitative estimate of drug-likeness (QED) is 0.202. The number of nitrogens with two attached hydrogens (primary N) is 1. The number of β-lactam (4-membered cyclic amide) rings is 1. The second-order valence-corrected chi connectivity index (χ2v) is 9.12. The zero-order chi connectivity index (χ0) is 23.7. The number of amides is 2. The lowest BCUT2D eigenvalue weighted by Crippen LogP contribution is -2.71. The van der Waals surface area contributed by atoms with Crippen molar-refractivity contribution in [3.8, 4) is 0 Å². The van der Waals surface area contributed by atoms with Crippen molar-refractivity contribution >= 4 is 57.8 Å². The maximum absolute atomic E-state index is 12.8. The summed E-state index contributed by atoms with van der Waals surface area (Å²) in [7, 11) is 0. The number of aliphatic carboxylic acids is 1. The SMILES string of the molecule is Cc1ccc(/C=C\C2=C(C(=O)O)N3C(=O)[C@@H](NC(=O)/C(=N\O)c4csc(N)n4)[C@H]3SC2)cn1. The molecule has 1 fully saturated rings. The topological polar surface area (TPSA) is 171 Å². The van der Waals surface area contributed by atoms with Gasteiger partial charge in [0.1, 0.15) is 22.8 Å². The van der Waals surface area contributed by atoms with Crippen LogP contribution in [0.4, 0.5) is 5.13 Å². The van der Waals surface area contributed by atoms with Crippen molar-refractivity contribution in [2.24, 2.45) is 5.16 Å². The van der Waals surface area contributed by atoms with Gasteiger partial charge in [0.15, 0.2) is 10.8 Å². The van der Waals surface area contributed by atoms with Gasteiger partial charge >= 0.3 is 5.97 Å². The van der Waals surface area contributed by atoms with Crippen molar-refractivity contribution in [3.05, 3.63) is 58.0 Å². The summed E-state index contributed by atoms with van der Waals surface area (Å²) >= 11 is 2.38. The van der Waals surface area contributed by atoms with E-state index in [1.165, 1.54) is 17.1 Å². The number of anilines is 1. The summed E-state index contributed by atoms with van der Waals surface area (Å²) in [5, 5.41) is 25.5. The predicted octanol–water partition coefficient (Wildman–Crippen LogP) is 1.06. The molecule has 2 aromatic rings. The fraction of sp³-hybridized carbons (Fsp3) is 0.200. The molecule has 33 heavy (non-hydrogen) atoms. The molecule has 11 nitrogen and oxygen atoms in total. The van der Waals surface area contributed by atoms with Crippen LogP contribution >= 0.6 is 23.1 Å². The van der Waals surface area contributed by atoms with Crippen LogP contribution in [-0.4, -0.2) is 65.8 Å². The minimum absolute atomic E-state index is 0.0709. The fourth-order valence-electron chi connectivity index (χ4n) is 3.36. The number of carbonyl (C=O) groups excluding carboxylic acids is 2. The van der Waals surface area contributed by atoms with Gasteiger partial charge in [-0.05, 0) is 24.1 Å². The first-order valence-corrected chi connectivity index (χ1v) is 11.5. The monoisotopic (exact) mass is 486 g/mol. The summed E-state index contributed by atoms with van der Waals surface area (Å²) in [5.41, 5.74) is 7.23. The van der Waals surface area contributed by atoms with E-state index in [0.29, 0.717) is 11.3 Å². The van der Waals surface area contributed by atoms with E-state index in [-0.39, 0.29) is 22.2 Å². The van der Waals surface area contributed by atoms with Crippen LogP contribution in [-0.2, 0) is 14.4 Å². The molecule has 0 bridgehead atoms. The minimum Gasteiger partial charge on any atom is -0.477 e. The first kappa shape index (κ1) is 22.5. The molecule has 0 unspecified atom stereocenters. The maximum atomic E-state index is 12.8. The number of carbonyl (C=O) groups is 3. The van der Waals surface area contributed by atoms with Crippen LogP contribution < -0.4 is 11.1 Å². The number of allylic oxidation sites excluding steroid dienone is 1. The number of hydrogen-bond acceptors (Lipinski definition) is 10. The standard InChI is InChI=1S/C20H18N6O5S2/c1-9-2-3-10(6-22-9)4-5-11-7-32-18-14(17(28)26(18)15(11)19(29)30)24-16(27)13(25-31)12-8-33-20(21)23-12/h2-6,8,14,18,31H,7H2,1H3,(H2,21,23)(H,24,27)(H,29,30)/b5-4-,25-13-/t14-,18-/m1/s1. The molecule has 1 saturated heterocycles. The molecule has 4 heterocycles. The number of nitrogens with one attached hydrogen (secondary N) is 1. The number of oxime groups is 1. The molecule has 170 valence electrons. The number of fused-ring (bicyclic) bond motifs is 1. The Morgan fingerprint density at radius 3 is 2.76 bits per heavy atom. The van der Waals surface area contributed by atoms with E-state index >= 15 is 0 Å². The highest BCUT2D eigenvalue weighted by atomic mass is 32.2. The van der Waals surface area contributed by atoms with E-state index in [1.54, 1.807) is 18.3 Å². The summed E-state index contributed by atoms with van der Waals surface area (Å²) in [4.78, 5) is 46.6. The third kappa shape index (κ3) is 4.32. The van der Waals surface area contributed by atoms with E-state index in [1.807, 2.05) is 19.1 Å². The first-order chi connectivity index (χ1) is 15.8. The zero-order valence-corrected chi connectivity index (χ0v) is 18.8. The van der Waals surface area contributed by atoms with Gasteiger partial charge in [-0.15, -0.1) is 23.1 Å². The highest BCUT2D eigenvalue weighted by Gasteiger charge is 2.54. The minimum atomic E-state index is -1.24. The number of carboxylic acids is 1. The van der Waals surface area contributed by atoms with Gasteiger partial charge in [0, 0.05) is 23.0 Å². The number of nitrogens with zero attached hydrogens (tertiary/aromatic N) is 4. The molecule has 4 rings (SSSR count). The van der Waals surface area contributed by atoms with Gasteiger partial charge in [-0.3, -0.25) is 19.5 Å². The van der Waals surface area contributed by atoms with Crippen LogP contribution in [0.25, 0.3) is 6.08 Å². The molecule has 2 aliphatic heterocycles. The van der Waals surface area contributed by atoms with E-state index in [4.69, 9.17) is 5.73 Å². The second-order valence-electron chi connectivity index (χ2n) is 7.13. The normalized spacial score (nSPS) is 20.6. The zero-order valence-electron chi connectivity index (χ0n) is 17.1. The molecule has 0 aromatic carbocycles. The lowest BCUT2D eigenvalue weighted by atomic mass is 10.0. The average molecular weight is 487 g/mol. The number of carboxylic acid groups (broad SMARTS) is 1. The number of pyridine rings is 1. The second kappa shape index (κ2) is 9.03. The summed E-state index contributed by atoms with van der Waals surface area (Å²) in [5.74, 6) is -2.31. The molecule has 2 aliphatic rings. The number of hydrogen-bond donors (Lipinski definition) is 4. The highest BCUT2D eigenvalue weighted by molar-refractivity contribution is 8.00. The Morgan fingerprint density at radius 1 is 1.36 bits per heavy atom. The van der Waals surface area contributed by atoms with Crippen LogP contribution in [0.3, 0.4) is 0 Å². The molecule has 2 atom stereocenters. The molecule has 2 aromatic heterocycles. The summed E-state index contributed by atoms with van der Waals surface area (Å²) < 4.78 is 0. The molecule has 2 amide bonds. The van der Waals surface area contributed by atoms with E-state index in [9.17, 15) is 24.7 Å². The number of thiazole rings is 1. The molecular weight excluding hydrogens is 468 g/mol. The molecular formula is C20H18N6O5S2. The van der Waals surface area contributed by atoms with Gasteiger partial charge in [-0.25, -0.2) is 9.78 Å². The Balaban J connectivity index is 1.52. The lowest BCUT2D eigenvalue weighted by Gasteiger charge is -2.49. The number of nitrogen functional groups attached to an aromatic ring is 1. The van der Waals surface area contributed by atoms with Crippen molar-refractivity contribution in [1.82, 2.24) is 20.2 Å². The number of thioether (sulfide) groups is 1. The lowest BCUT2D eigenvalue weighted by molar-refractivity contribution is -0.150. The van der Waals surface area contributed by atoms with Crippen molar-refractivity contribution < 1.29 is 24.7 Å². The Labute approximate surface area is 195 Å². The van der Waals surface area contributed by atoms with Crippen molar-refractivity contribution in [2.75, 3.05) is 11.5 Å². The third-order valence-corrected chi connectivity index (χ3v) is 6.95. The van der Waals surface area contributed by atoms with Gasteiger partial charge in [0.25, 0.3) is 11.8 Å². The third-order valence-electron chi connectivity index (χ3n) is 4.98. The van der Waals surface area contributed by atoms with Crippen molar-refractivity contribution in [2.45, 2.75) is 18.3 Å². The van der Waals surface area contributed by atoms with Crippen LogP contribution in [0.15, 0.2) is 46.2 Å². The van der Waals surface area contributed by atoms with E-state index in [0.717, 1.165) is 27.5 Å². The molecule has 5 N–H and O–H groups in total. The molecule has 0 aliphatic carbocycles. The van der Waals surface area contributed by atoms with Gasteiger partial charge in [0.05, 0.1) is 0 Å². The number of aromatic nitrogens is 2. The van der Waals surface area contributed by atoms with Gasteiger partial charge in [-0.2, -0.15) is 0 Å².